The van der Waals surface area contributed by atoms with Gasteiger partial charge in [-0.3, -0.25) is 14.9 Å². The van der Waals surface area contributed by atoms with Crippen molar-refractivity contribution < 1.29 is 9.59 Å². The van der Waals surface area contributed by atoms with Crippen molar-refractivity contribution in [1.29, 1.82) is 5.26 Å². The Morgan fingerprint density at radius 1 is 1.19 bits per heavy atom. The zero-order valence-electron chi connectivity index (χ0n) is 14.0. The molecule has 1 N–H and O–H groups in total. The standard InChI is InChI=1S/C19H16N4O2S/c1-13-7-9-15(10-8-13)23-17(24)11-16(18(23)25)26-19(21-12-20)22-14-5-3-2-4-6-14/h2-10,16H,11H2,1H3,(H,21,22)/t16-/m0/s1. The van der Waals surface area contributed by atoms with Crippen LogP contribution in [0.3, 0.4) is 0 Å². The van der Waals surface area contributed by atoms with Gasteiger partial charge < -0.3 is 0 Å². The van der Waals surface area contributed by atoms with E-state index in [1.165, 1.54) is 4.90 Å². The van der Waals surface area contributed by atoms with Crippen LogP contribution in [0, 0.1) is 18.4 Å². The van der Waals surface area contributed by atoms with E-state index in [1.807, 2.05) is 43.4 Å². The summed E-state index contributed by atoms with van der Waals surface area (Å²) in [5, 5.41) is 11.1. The lowest BCUT2D eigenvalue weighted by atomic mass is 10.2. The first-order valence-corrected chi connectivity index (χ1v) is 8.85. The number of anilines is 1. The van der Waals surface area contributed by atoms with Crippen molar-refractivity contribution in [2.45, 2.75) is 18.6 Å². The third-order valence-corrected chi connectivity index (χ3v) is 4.87. The summed E-state index contributed by atoms with van der Waals surface area (Å²) in [4.78, 5) is 30.6. The molecule has 0 aliphatic carbocycles. The molecular formula is C19H16N4O2S. The number of carbonyl (C=O) groups is 2. The van der Waals surface area contributed by atoms with E-state index in [1.54, 1.807) is 24.3 Å². The van der Waals surface area contributed by atoms with Crippen LogP contribution in [0.1, 0.15) is 12.0 Å². The Morgan fingerprint density at radius 2 is 1.88 bits per heavy atom. The van der Waals surface area contributed by atoms with Gasteiger partial charge in [0, 0.05) is 6.42 Å². The van der Waals surface area contributed by atoms with Gasteiger partial charge in [-0.25, -0.2) is 9.89 Å². The predicted molar refractivity (Wildman–Crippen MR) is 102 cm³/mol. The first-order chi connectivity index (χ1) is 12.6. The van der Waals surface area contributed by atoms with Gasteiger partial charge in [0.1, 0.15) is 5.25 Å². The van der Waals surface area contributed by atoms with Gasteiger partial charge in [-0.05, 0) is 31.2 Å². The number of hydrogen-bond acceptors (Lipinski definition) is 5. The third kappa shape index (κ3) is 3.92. The van der Waals surface area contributed by atoms with Gasteiger partial charge in [-0.15, -0.1) is 0 Å². The summed E-state index contributed by atoms with van der Waals surface area (Å²) in [6.45, 7) is 1.94. The van der Waals surface area contributed by atoms with Crippen LogP contribution in [0.4, 0.5) is 11.4 Å². The van der Waals surface area contributed by atoms with Crippen LogP contribution in [0.25, 0.3) is 0 Å². The van der Waals surface area contributed by atoms with Crippen molar-refractivity contribution in [3.8, 4) is 6.19 Å². The lowest BCUT2D eigenvalue weighted by Gasteiger charge is -2.15. The van der Waals surface area contributed by atoms with Gasteiger partial charge in [0.2, 0.25) is 11.8 Å². The number of hydrogen-bond donors (Lipinski definition) is 1. The molecule has 2 aromatic rings. The van der Waals surface area contributed by atoms with Crippen molar-refractivity contribution in [2.75, 3.05) is 4.90 Å². The average molecular weight is 364 g/mol. The van der Waals surface area contributed by atoms with Crippen LogP contribution in [0.15, 0.2) is 59.6 Å². The van der Waals surface area contributed by atoms with Crippen LogP contribution in [-0.2, 0) is 9.59 Å². The van der Waals surface area contributed by atoms with Crippen molar-refractivity contribution in [1.82, 2.24) is 5.32 Å². The topological polar surface area (TPSA) is 85.6 Å². The van der Waals surface area contributed by atoms with E-state index in [0.717, 1.165) is 17.3 Å². The maximum absolute atomic E-state index is 12.7. The van der Waals surface area contributed by atoms with Crippen molar-refractivity contribution in [3.05, 3.63) is 60.2 Å². The number of amidine groups is 1. The fourth-order valence-corrected chi connectivity index (χ4v) is 3.51. The Kier molecular flexibility index (Phi) is 5.34. The molecule has 26 heavy (non-hydrogen) atoms. The monoisotopic (exact) mass is 364 g/mol. The van der Waals surface area contributed by atoms with Crippen molar-refractivity contribution in [3.63, 3.8) is 0 Å². The number of rotatable bonds is 3. The molecule has 7 heteroatoms. The highest BCUT2D eigenvalue weighted by Gasteiger charge is 2.40. The molecule has 6 nitrogen and oxygen atoms in total. The highest BCUT2D eigenvalue weighted by atomic mass is 32.2. The summed E-state index contributed by atoms with van der Waals surface area (Å²) in [5.74, 6) is -0.559. The maximum atomic E-state index is 12.7. The highest BCUT2D eigenvalue weighted by Crippen LogP contribution is 2.30. The molecule has 1 atom stereocenters. The summed E-state index contributed by atoms with van der Waals surface area (Å²) in [6.07, 6.45) is 1.89. The number of amides is 2. The fourth-order valence-electron chi connectivity index (χ4n) is 2.55. The number of thioether (sulfide) groups is 1. The summed E-state index contributed by atoms with van der Waals surface area (Å²) in [7, 11) is 0. The minimum Gasteiger partial charge on any atom is -0.274 e. The zero-order valence-corrected chi connectivity index (χ0v) is 14.9. The number of carbonyl (C=O) groups excluding carboxylic acids is 2. The van der Waals surface area contributed by atoms with Crippen LogP contribution >= 0.6 is 11.8 Å². The highest BCUT2D eigenvalue weighted by molar-refractivity contribution is 8.15. The van der Waals surface area contributed by atoms with Gasteiger partial charge in [0.05, 0.1) is 11.4 Å². The summed E-state index contributed by atoms with van der Waals surface area (Å²) >= 11 is 1.09. The quantitative estimate of drug-likeness (QED) is 0.297. The van der Waals surface area contributed by atoms with Gasteiger partial charge in [-0.1, -0.05) is 47.7 Å². The molecule has 1 saturated heterocycles. The Balaban J connectivity index is 1.80. The molecule has 0 radical (unpaired) electrons. The molecule has 1 aliphatic rings. The minimum absolute atomic E-state index is 0.0678. The second kappa shape index (κ2) is 7.85. The van der Waals surface area contributed by atoms with E-state index in [0.29, 0.717) is 11.4 Å². The lowest BCUT2D eigenvalue weighted by Crippen LogP contribution is -2.32. The molecule has 0 spiro atoms. The Bertz CT molecular complexity index is 888. The second-order valence-electron chi connectivity index (χ2n) is 5.70. The normalized spacial score (nSPS) is 17.3. The van der Waals surface area contributed by atoms with Crippen molar-refractivity contribution in [2.24, 2.45) is 4.99 Å². The largest absolute Gasteiger partial charge is 0.274 e. The molecule has 0 saturated carbocycles. The Hall–Kier alpha value is -3.11. The number of nitriles is 1. The molecular weight excluding hydrogens is 348 g/mol. The molecule has 0 aromatic heterocycles. The fraction of sp³-hybridized carbons (Fsp3) is 0.158. The summed E-state index contributed by atoms with van der Waals surface area (Å²) < 4.78 is 0. The van der Waals surface area contributed by atoms with Gasteiger partial charge in [-0.2, -0.15) is 5.26 Å². The maximum Gasteiger partial charge on any atom is 0.247 e. The van der Waals surface area contributed by atoms with Crippen LogP contribution in [-0.4, -0.2) is 22.2 Å². The van der Waals surface area contributed by atoms with E-state index >= 15 is 0 Å². The molecule has 130 valence electrons. The van der Waals surface area contributed by atoms with E-state index in [-0.39, 0.29) is 23.4 Å². The molecule has 1 fully saturated rings. The number of imide groups is 1. The molecule has 0 bridgehead atoms. The second-order valence-corrected chi connectivity index (χ2v) is 6.89. The van der Waals surface area contributed by atoms with Crippen molar-refractivity contribution >= 4 is 40.1 Å². The van der Waals surface area contributed by atoms with Crippen LogP contribution in [0.5, 0.6) is 0 Å². The molecule has 3 rings (SSSR count). The van der Waals surface area contributed by atoms with Gasteiger partial charge in [0.25, 0.3) is 0 Å². The first-order valence-electron chi connectivity index (χ1n) is 7.97. The van der Waals surface area contributed by atoms with E-state index in [2.05, 4.69) is 10.3 Å². The third-order valence-electron chi connectivity index (χ3n) is 3.80. The minimum atomic E-state index is -0.618. The number of aliphatic imine (C=N–C) groups is 1. The smallest absolute Gasteiger partial charge is 0.247 e. The van der Waals surface area contributed by atoms with Crippen LogP contribution < -0.4 is 10.2 Å². The Labute approximate surface area is 155 Å². The number of nitrogens with zero attached hydrogens (tertiary/aromatic N) is 3. The van der Waals surface area contributed by atoms with E-state index < -0.39 is 5.25 Å². The summed E-state index contributed by atoms with van der Waals surface area (Å²) in [6, 6.07) is 16.3. The first kappa shape index (κ1) is 17.7. The lowest BCUT2D eigenvalue weighted by molar-refractivity contribution is -0.121. The molecule has 2 amide bonds. The molecule has 0 unspecified atom stereocenters. The SMILES string of the molecule is Cc1ccc(N2C(=O)C[C@H](SC(=Nc3ccccc3)NC#N)C2=O)cc1. The average Bonchev–Trinajstić information content (AvgIpc) is 2.91. The molecule has 1 aliphatic heterocycles. The Morgan fingerprint density at radius 3 is 2.54 bits per heavy atom. The van der Waals surface area contributed by atoms with Gasteiger partial charge >= 0.3 is 0 Å². The zero-order chi connectivity index (χ0) is 18.5. The number of aryl methyl sites for hydroxylation is 1. The molecule has 2 aromatic carbocycles. The van der Waals surface area contributed by atoms with Crippen LogP contribution in [0.2, 0.25) is 0 Å². The summed E-state index contributed by atoms with van der Waals surface area (Å²) in [5.41, 5.74) is 2.27. The number of nitrogens with one attached hydrogen (secondary N) is 1. The number of para-hydroxylation sites is 1. The van der Waals surface area contributed by atoms with E-state index in [9.17, 15) is 9.59 Å². The number of benzene rings is 2. The predicted octanol–water partition coefficient (Wildman–Crippen LogP) is 3.12. The molecule has 1 heterocycles. The van der Waals surface area contributed by atoms with E-state index in [4.69, 9.17) is 5.26 Å². The van der Waals surface area contributed by atoms with Gasteiger partial charge in [0.15, 0.2) is 11.4 Å².